The summed E-state index contributed by atoms with van der Waals surface area (Å²) in [6.07, 6.45) is 0.111. The number of nitrogens with one attached hydrogen (secondary N) is 1. The summed E-state index contributed by atoms with van der Waals surface area (Å²) >= 11 is 0. The van der Waals surface area contributed by atoms with Crippen molar-refractivity contribution in [3.8, 4) is 28.7 Å². The number of benzene rings is 4. The predicted molar refractivity (Wildman–Crippen MR) is 158 cm³/mol. The first-order chi connectivity index (χ1) is 20.3. The number of rotatable bonds is 10. The van der Waals surface area contributed by atoms with E-state index in [0.717, 1.165) is 16.7 Å². The molecule has 1 atom stereocenters. The molecule has 0 saturated heterocycles. The number of fused-ring (bicyclic) bond motifs is 1. The molecule has 5 rings (SSSR count). The highest BCUT2D eigenvalue weighted by Gasteiger charge is 2.37. The molecule has 0 bridgehead atoms. The molecule has 4 aromatic rings. The van der Waals surface area contributed by atoms with Crippen molar-refractivity contribution in [3.63, 3.8) is 0 Å². The number of aryl methyl sites for hydroxylation is 1. The third kappa shape index (κ3) is 5.54. The summed E-state index contributed by atoms with van der Waals surface area (Å²) in [7, 11) is 4.55. The van der Waals surface area contributed by atoms with Crippen LogP contribution in [-0.2, 0) is 6.42 Å². The molecule has 1 heterocycles. The second kappa shape index (κ2) is 12.1. The van der Waals surface area contributed by atoms with Gasteiger partial charge in [-0.3, -0.25) is 4.79 Å². The van der Waals surface area contributed by atoms with Crippen LogP contribution in [0.2, 0.25) is 0 Å². The van der Waals surface area contributed by atoms with Crippen LogP contribution in [0.3, 0.4) is 0 Å². The van der Waals surface area contributed by atoms with Crippen LogP contribution in [0.4, 0.5) is 5.69 Å². The Hall–Kier alpha value is -5.18. The van der Waals surface area contributed by atoms with Gasteiger partial charge >= 0.3 is 5.97 Å². The summed E-state index contributed by atoms with van der Waals surface area (Å²) in [5.74, 6) is 0.610. The Kier molecular flexibility index (Phi) is 8.19. The van der Waals surface area contributed by atoms with E-state index in [-0.39, 0.29) is 17.2 Å². The SMILES string of the molecule is COc1cc2c(c(OC)c1OC)NC(c1ccc(Oc3cc(C)ccc3C(=O)O)cc1)N(CCc1ccccc1)C2=O. The van der Waals surface area contributed by atoms with Crippen molar-refractivity contribution >= 4 is 17.6 Å². The molecule has 1 amide bonds. The molecule has 1 unspecified atom stereocenters. The fourth-order valence-corrected chi connectivity index (χ4v) is 5.08. The monoisotopic (exact) mass is 568 g/mol. The zero-order chi connectivity index (χ0) is 29.8. The van der Waals surface area contributed by atoms with E-state index in [1.807, 2.05) is 49.4 Å². The number of ether oxygens (including phenoxy) is 4. The second-order valence-electron chi connectivity index (χ2n) is 9.82. The number of anilines is 1. The number of carboxylic acids is 1. The minimum absolute atomic E-state index is 0.0735. The van der Waals surface area contributed by atoms with Crippen LogP contribution in [0.5, 0.6) is 28.7 Å². The van der Waals surface area contributed by atoms with Crippen LogP contribution < -0.4 is 24.3 Å². The van der Waals surface area contributed by atoms with Gasteiger partial charge in [0.1, 0.15) is 23.2 Å². The van der Waals surface area contributed by atoms with Gasteiger partial charge in [-0.1, -0.05) is 48.5 Å². The lowest BCUT2D eigenvalue weighted by molar-refractivity contribution is 0.0679. The largest absolute Gasteiger partial charge is 0.493 e. The molecule has 0 saturated carbocycles. The molecule has 9 nitrogen and oxygen atoms in total. The van der Waals surface area contributed by atoms with Crippen molar-refractivity contribution in [3.05, 3.63) is 107 Å². The summed E-state index contributed by atoms with van der Waals surface area (Å²) in [4.78, 5) is 27.5. The normalized spacial score (nSPS) is 14.0. The van der Waals surface area contributed by atoms with E-state index in [1.54, 1.807) is 35.2 Å². The van der Waals surface area contributed by atoms with Gasteiger partial charge in [-0.2, -0.15) is 0 Å². The van der Waals surface area contributed by atoms with E-state index in [4.69, 9.17) is 18.9 Å². The summed E-state index contributed by atoms with van der Waals surface area (Å²) in [5, 5.41) is 13.1. The second-order valence-corrected chi connectivity index (χ2v) is 9.82. The lowest BCUT2D eigenvalue weighted by atomic mass is 10.0. The van der Waals surface area contributed by atoms with Gasteiger partial charge in [-0.25, -0.2) is 4.79 Å². The van der Waals surface area contributed by atoms with Crippen LogP contribution in [0.1, 0.15) is 43.6 Å². The minimum Gasteiger partial charge on any atom is -0.493 e. The number of hydrogen-bond donors (Lipinski definition) is 2. The first-order valence-corrected chi connectivity index (χ1v) is 13.4. The molecule has 2 N–H and O–H groups in total. The third-order valence-corrected chi connectivity index (χ3v) is 7.19. The van der Waals surface area contributed by atoms with Gasteiger partial charge in [-0.05, 0) is 60.4 Å². The van der Waals surface area contributed by atoms with Crippen LogP contribution in [0.25, 0.3) is 0 Å². The zero-order valence-electron chi connectivity index (χ0n) is 23.8. The number of methoxy groups -OCH3 is 3. The molecule has 0 radical (unpaired) electrons. The predicted octanol–water partition coefficient (Wildman–Crippen LogP) is 6.32. The Morgan fingerprint density at radius 3 is 2.24 bits per heavy atom. The Balaban J connectivity index is 1.51. The highest BCUT2D eigenvalue weighted by Crippen LogP contribution is 2.49. The maximum absolute atomic E-state index is 14.1. The van der Waals surface area contributed by atoms with Gasteiger partial charge in [-0.15, -0.1) is 0 Å². The first-order valence-electron chi connectivity index (χ1n) is 13.4. The van der Waals surface area contributed by atoms with E-state index in [1.165, 1.54) is 27.4 Å². The Labute approximate surface area is 244 Å². The molecule has 4 aromatic carbocycles. The van der Waals surface area contributed by atoms with Crippen molar-refractivity contribution < 1.29 is 33.6 Å². The molecule has 0 aliphatic carbocycles. The van der Waals surface area contributed by atoms with Crippen molar-refractivity contribution in [2.75, 3.05) is 33.2 Å². The summed E-state index contributed by atoms with van der Waals surface area (Å²) < 4.78 is 22.7. The number of carboxylic acid groups (broad SMARTS) is 1. The average Bonchev–Trinajstić information content (AvgIpc) is 3.00. The lowest BCUT2D eigenvalue weighted by Gasteiger charge is -2.39. The molecular weight excluding hydrogens is 536 g/mol. The molecule has 42 heavy (non-hydrogen) atoms. The van der Waals surface area contributed by atoms with E-state index in [0.29, 0.717) is 47.2 Å². The van der Waals surface area contributed by atoms with Gasteiger partial charge in [0, 0.05) is 6.54 Å². The number of amides is 1. The fraction of sp³-hybridized carbons (Fsp3) is 0.212. The Bertz CT molecular complexity index is 1600. The average molecular weight is 569 g/mol. The number of aromatic carboxylic acids is 1. The van der Waals surface area contributed by atoms with Crippen LogP contribution >= 0.6 is 0 Å². The number of carbonyl (C=O) groups is 2. The summed E-state index contributed by atoms with van der Waals surface area (Å²) in [5.41, 5.74) is 3.78. The number of carbonyl (C=O) groups excluding carboxylic acids is 1. The molecule has 1 aliphatic rings. The zero-order valence-corrected chi connectivity index (χ0v) is 23.8. The molecule has 0 spiro atoms. The van der Waals surface area contributed by atoms with E-state index < -0.39 is 12.1 Å². The lowest BCUT2D eigenvalue weighted by Crippen LogP contribution is -2.44. The third-order valence-electron chi connectivity index (χ3n) is 7.19. The molecule has 216 valence electrons. The molecule has 9 heteroatoms. The van der Waals surface area contributed by atoms with Gasteiger partial charge < -0.3 is 34.3 Å². The minimum atomic E-state index is -1.07. The molecular formula is C33H32N2O7. The van der Waals surface area contributed by atoms with E-state index >= 15 is 0 Å². The Morgan fingerprint density at radius 1 is 0.881 bits per heavy atom. The summed E-state index contributed by atoms with van der Waals surface area (Å²) in [6, 6.07) is 23.8. The molecule has 1 aliphatic heterocycles. The van der Waals surface area contributed by atoms with Crippen LogP contribution in [0, 0.1) is 6.92 Å². The molecule has 0 fully saturated rings. The highest BCUT2D eigenvalue weighted by molar-refractivity contribution is 6.04. The smallest absolute Gasteiger partial charge is 0.339 e. The van der Waals surface area contributed by atoms with Crippen molar-refractivity contribution in [1.29, 1.82) is 0 Å². The maximum Gasteiger partial charge on any atom is 0.339 e. The van der Waals surface area contributed by atoms with Gasteiger partial charge in [0.2, 0.25) is 5.75 Å². The fourth-order valence-electron chi connectivity index (χ4n) is 5.08. The first kappa shape index (κ1) is 28.4. The quantitative estimate of drug-likeness (QED) is 0.229. The number of hydrogen-bond acceptors (Lipinski definition) is 7. The maximum atomic E-state index is 14.1. The van der Waals surface area contributed by atoms with E-state index in [2.05, 4.69) is 5.32 Å². The van der Waals surface area contributed by atoms with Gasteiger partial charge in [0.25, 0.3) is 5.91 Å². The molecule has 0 aromatic heterocycles. The van der Waals surface area contributed by atoms with Crippen molar-refractivity contribution in [2.45, 2.75) is 19.5 Å². The van der Waals surface area contributed by atoms with Gasteiger partial charge in [0.05, 0.1) is 32.6 Å². The van der Waals surface area contributed by atoms with E-state index in [9.17, 15) is 14.7 Å². The Morgan fingerprint density at radius 2 is 1.60 bits per heavy atom. The highest BCUT2D eigenvalue weighted by atomic mass is 16.5. The van der Waals surface area contributed by atoms with Crippen molar-refractivity contribution in [1.82, 2.24) is 4.90 Å². The summed E-state index contributed by atoms with van der Waals surface area (Å²) in [6.45, 7) is 2.31. The standard InChI is InChI=1S/C33H32N2O7/c1-20-10-15-24(33(37)38)26(18-20)42-23-13-11-22(12-14-23)31-34-28-25(19-27(39-2)29(40-3)30(28)41-4)32(36)35(31)17-16-21-8-6-5-7-9-21/h5-15,18-19,31,34H,16-17H2,1-4H3,(H,37,38). The van der Waals surface area contributed by atoms with Crippen molar-refractivity contribution in [2.24, 2.45) is 0 Å². The van der Waals surface area contributed by atoms with Crippen LogP contribution in [0.15, 0.2) is 78.9 Å². The van der Waals surface area contributed by atoms with Crippen LogP contribution in [-0.4, -0.2) is 49.8 Å². The van der Waals surface area contributed by atoms with Gasteiger partial charge in [0.15, 0.2) is 11.5 Å². The topological polar surface area (TPSA) is 107 Å². The number of nitrogens with zero attached hydrogens (tertiary/aromatic N) is 1.